The van der Waals surface area contributed by atoms with E-state index in [0.29, 0.717) is 0 Å². The summed E-state index contributed by atoms with van der Waals surface area (Å²) in [5, 5.41) is 6.71. The number of nitrogens with one attached hydrogen (secondary N) is 1. The van der Waals surface area contributed by atoms with Crippen LogP contribution in [0.25, 0.3) is 0 Å². The van der Waals surface area contributed by atoms with Crippen LogP contribution in [-0.2, 0) is 13.1 Å². The zero-order chi connectivity index (χ0) is 12.1. The monoisotopic (exact) mass is 251 g/mol. The van der Waals surface area contributed by atoms with Gasteiger partial charge in [-0.1, -0.05) is 18.6 Å². The lowest BCUT2D eigenvalue weighted by atomic mass is 10.1. The average molecular weight is 251 g/mol. The smallest absolute Gasteiger partial charge is 0.107 e. The Bertz CT molecular complexity index is 384. The van der Waals surface area contributed by atoms with E-state index in [4.69, 9.17) is 0 Å². The summed E-state index contributed by atoms with van der Waals surface area (Å²) in [7, 11) is 0. The van der Waals surface area contributed by atoms with Crippen LogP contribution >= 0.6 is 11.3 Å². The first kappa shape index (κ1) is 12.7. The Kier molecular flexibility index (Phi) is 4.71. The second-order valence-corrected chi connectivity index (χ2v) is 5.51. The van der Waals surface area contributed by atoms with E-state index in [-0.39, 0.29) is 0 Å². The molecule has 2 rings (SSSR count). The van der Waals surface area contributed by atoms with Gasteiger partial charge in [0.05, 0.1) is 5.69 Å². The van der Waals surface area contributed by atoms with Gasteiger partial charge in [0.2, 0.25) is 0 Å². The molecule has 0 spiro atoms. The van der Waals surface area contributed by atoms with Crippen LogP contribution in [0.4, 0.5) is 0 Å². The van der Waals surface area contributed by atoms with Gasteiger partial charge in [-0.2, -0.15) is 0 Å². The van der Waals surface area contributed by atoms with Crippen molar-refractivity contribution in [3.8, 4) is 0 Å². The third-order valence-electron chi connectivity index (χ3n) is 2.92. The lowest BCUT2D eigenvalue weighted by Crippen LogP contribution is -2.28. The van der Waals surface area contributed by atoms with E-state index in [0.717, 1.165) is 32.7 Å². The fraction of sp³-hybridized carbons (Fsp3) is 0.615. The van der Waals surface area contributed by atoms with Gasteiger partial charge in [-0.25, -0.2) is 4.98 Å². The van der Waals surface area contributed by atoms with Gasteiger partial charge in [0.1, 0.15) is 5.01 Å². The van der Waals surface area contributed by atoms with Gasteiger partial charge in [0.15, 0.2) is 0 Å². The largest absolute Gasteiger partial charge is 0.311 e. The summed E-state index contributed by atoms with van der Waals surface area (Å²) in [6, 6.07) is 0. The molecule has 17 heavy (non-hydrogen) atoms. The van der Waals surface area contributed by atoms with Crippen molar-refractivity contribution in [1.82, 2.24) is 15.2 Å². The third-order valence-corrected chi connectivity index (χ3v) is 3.82. The van der Waals surface area contributed by atoms with Crippen LogP contribution in [0.3, 0.4) is 0 Å². The molecule has 0 fully saturated rings. The van der Waals surface area contributed by atoms with Crippen molar-refractivity contribution >= 4 is 11.3 Å². The molecule has 1 aromatic heterocycles. The Hall–Kier alpha value is -0.710. The van der Waals surface area contributed by atoms with Crippen LogP contribution in [-0.4, -0.2) is 29.5 Å². The molecule has 0 saturated carbocycles. The minimum absolute atomic E-state index is 0.903. The van der Waals surface area contributed by atoms with E-state index < -0.39 is 0 Å². The van der Waals surface area contributed by atoms with Crippen molar-refractivity contribution in [2.45, 2.75) is 33.4 Å². The second kappa shape index (κ2) is 6.28. The Morgan fingerprint density at radius 2 is 2.41 bits per heavy atom. The molecule has 2 heterocycles. The Balaban J connectivity index is 1.86. The Labute approximate surface area is 108 Å². The van der Waals surface area contributed by atoms with E-state index >= 15 is 0 Å². The molecular formula is C13H21N3S. The van der Waals surface area contributed by atoms with E-state index in [9.17, 15) is 0 Å². The molecule has 0 bridgehead atoms. The van der Waals surface area contributed by atoms with Crippen LogP contribution in [0.5, 0.6) is 0 Å². The highest BCUT2D eigenvalue weighted by molar-refractivity contribution is 7.09. The molecule has 1 aliphatic heterocycles. The van der Waals surface area contributed by atoms with Crippen LogP contribution in [0.15, 0.2) is 17.0 Å². The summed E-state index contributed by atoms with van der Waals surface area (Å²) in [6.45, 7) is 9.50. The van der Waals surface area contributed by atoms with Gasteiger partial charge in [-0.3, -0.25) is 4.90 Å². The van der Waals surface area contributed by atoms with Crippen LogP contribution in [0.2, 0.25) is 0 Å². The number of nitrogens with zero attached hydrogens (tertiary/aromatic N) is 2. The zero-order valence-corrected chi connectivity index (χ0v) is 11.5. The normalized spacial score (nSPS) is 17.2. The molecule has 0 unspecified atom stereocenters. The number of aromatic nitrogens is 1. The molecule has 3 nitrogen and oxygen atoms in total. The van der Waals surface area contributed by atoms with Crippen molar-refractivity contribution in [2.75, 3.05) is 19.6 Å². The van der Waals surface area contributed by atoms with Crippen molar-refractivity contribution in [2.24, 2.45) is 0 Å². The number of thiazole rings is 1. The molecule has 0 radical (unpaired) electrons. The maximum atomic E-state index is 4.66. The number of hydrogen-bond acceptors (Lipinski definition) is 4. The standard InChI is InChI=1S/C13H21N3S/c1-3-14-7-13-15-12(10-17-13)9-16-6-4-5-11(2)8-16/h5,10,14H,3-4,6-9H2,1-2H3. The predicted molar refractivity (Wildman–Crippen MR) is 73.1 cm³/mol. The van der Waals surface area contributed by atoms with Crippen molar-refractivity contribution in [1.29, 1.82) is 0 Å². The van der Waals surface area contributed by atoms with Gasteiger partial charge in [-0.15, -0.1) is 11.3 Å². The highest BCUT2D eigenvalue weighted by Gasteiger charge is 2.12. The minimum atomic E-state index is 0.903. The number of rotatable bonds is 5. The van der Waals surface area contributed by atoms with Crippen molar-refractivity contribution < 1.29 is 0 Å². The van der Waals surface area contributed by atoms with E-state index in [2.05, 4.69) is 40.5 Å². The molecule has 1 N–H and O–H groups in total. The van der Waals surface area contributed by atoms with Gasteiger partial charge in [-0.05, 0) is 19.9 Å². The van der Waals surface area contributed by atoms with Crippen molar-refractivity contribution in [3.05, 3.63) is 27.7 Å². The SMILES string of the molecule is CCNCc1nc(CN2CCC=C(C)C2)cs1. The number of hydrogen-bond donors (Lipinski definition) is 1. The molecule has 0 aliphatic carbocycles. The molecule has 0 amide bonds. The topological polar surface area (TPSA) is 28.2 Å². The molecule has 1 aliphatic rings. The summed E-state index contributed by atoms with van der Waals surface area (Å²) in [6.07, 6.45) is 3.52. The summed E-state index contributed by atoms with van der Waals surface area (Å²) in [4.78, 5) is 7.14. The lowest BCUT2D eigenvalue weighted by molar-refractivity contribution is 0.279. The molecular weight excluding hydrogens is 230 g/mol. The molecule has 0 atom stereocenters. The quantitative estimate of drug-likeness (QED) is 0.815. The maximum absolute atomic E-state index is 4.66. The fourth-order valence-corrected chi connectivity index (χ4v) is 2.84. The lowest BCUT2D eigenvalue weighted by Gasteiger charge is -2.24. The second-order valence-electron chi connectivity index (χ2n) is 4.56. The van der Waals surface area contributed by atoms with Gasteiger partial charge < -0.3 is 5.32 Å². The highest BCUT2D eigenvalue weighted by Crippen LogP contribution is 2.15. The summed E-state index contributed by atoms with van der Waals surface area (Å²) < 4.78 is 0. The minimum Gasteiger partial charge on any atom is -0.311 e. The first-order valence-corrected chi connectivity index (χ1v) is 7.18. The molecule has 4 heteroatoms. The molecule has 0 aromatic carbocycles. The van der Waals surface area contributed by atoms with Crippen LogP contribution < -0.4 is 5.32 Å². The third kappa shape index (κ3) is 3.91. The Morgan fingerprint density at radius 3 is 3.18 bits per heavy atom. The first-order chi connectivity index (χ1) is 8.28. The van der Waals surface area contributed by atoms with Crippen LogP contribution in [0.1, 0.15) is 31.0 Å². The van der Waals surface area contributed by atoms with E-state index in [1.165, 1.54) is 22.7 Å². The molecule has 1 aromatic rings. The summed E-state index contributed by atoms with van der Waals surface area (Å²) in [5.74, 6) is 0. The first-order valence-electron chi connectivity index (χ1n) is 6.30. The summed E-state index contributed by atoms with van der Waals surface area (Å²) >= 11 is 1.76. The molecule has 94 valence electrons. The highest BCUT2D eigenvalue weighted by atomic mass is 32.1. The zero-order valence-electron chi connectivity index (χ0n) is 10.7. The Morgan fingerprint density at radius 1 is 1.53 bits per heavy atom. The maximum Gasteiger partial charge on any atom is 0.107 e. The average Bonchev–Trinajstić information content (AvgIpc) is 2.74. The van der Waals surface area contributed by atoms with E-state index in [1.807, 2.05) is 0 Å². The van der Waals surface area contributed by atoms with Crippen LogP contribution in [0, 0.1) is 0 Å². The van der Waals surface area contributed by atoms with Crippen molar-refractivity contribution in [3.63, 3.8) is 0 Å². The van der Waals surface area contributed by atoms with Gasteiger partial charge >= 0.3 is 0 Å². The molecule has 0 saturated heterocycles. The van der Waals surface area contributed by atoms with Gasteiger partial charge in [0, 0.05) is 31.6 Å². The summed E-state index contributed by atoms with van der Waals surface area (Å²) in [5.41, 5.74) is 2.71. The fourth-order valence-electron chi connectivity index (χ4n) is 2.09. The van der Waals surface area contributed by atoms with Gasteiger partial charge in [0.25, 0.3) is 0 Å². The predicted octanol–water partition coefficient (Wildman–Crippen LogP) is 2.40. The van der Waals surface area contributed by atoms with E-state index in [1.54, 1.807) is 11.3 Å².